The van der Waals surface area contributed by atoms with E-state index in [1.165, 1.54) is 19.3 Å². The molecule has 1 N–H and O–H groups in total. The Morgan fingerprint density at radius 3 is 2.72 bits per heavy atom. The number of nitrogens with zero attached hydrogens (tertiary/aromatic N) is 3. The lowest BCUT2D eigenvalue weighted by Gasteiger charge is -2.26. The summed E-state index contributed by atoms with van der Waals surface area (Å²) in [5.74, 6) is 1.80. The van der Waals surface area contributed by atoms with Gasteiger partial charge in [-0.25, -0.2) is 4.98 Å². The van der Waals surface area contributed by atoms with Gasteiger partial charge in [-0.2, -0.15) is 4.98 Å². The van der Waals surface area contributed by atoms with E-state index in [1.807, 2.05) is 12.3 Å². The Kier molecular flexibility index (Phi) is 4.04. The van der Waals surface area contributed by atoms with E-state index in [2.05, 4.69) is 41.0 Å². The first-order chi connectivity index (χ1) is 8.73. The molecule has 0 saturated carbocycles. The summed E-state index contributed by atoms with van der Waals surface area (Å²) in [6.45, 7) is 9.77. The molecule has 0 atom stereocenters. The molecule has 4 heteroatoms. The molecule has 1 aromatic rings. The number of rotatable bonds is 5. The van der Waals surface area contributed by atoms with Crippen molar-refractivity contribution in [1.82, 2.24) is 9.97 Å². The van der Waals surface area contributed by atoms with E-state index in [0.717, 1.165) is 31.4 Å². The molecule has 1 aliphatic heterocycles. The number of aromatic nitrogens is 2. The molecule has 1 aliphatic rings. The lowest BCUT2D eigenvalue weighted by molar-refractivity contribution is 0.301. The molecule has 100 valence electrons. The monoisotopic (exact) mass is 248 g/mol. The van der Waals surface area contributed by atoms with Gasteiger partial charge in [-0.05, 0) is 37.7 Å². The van der Waals surface area contributed by atoms with E-state index in [9.17, 15) is 0 Å². The SMILES string of the molecule is CCNc1nccc(N2CCC(CC)(CC)C2)n1. The number of nitrogens with one attached hydrogen (secondary N) is 1. The molecule has 0 spiro atoms. The highest BCUT2D eigenvalue weighted by Crippen LogP contribution is 2.38. The molecule has 18 heavy (non-hydrogen) atoms. The minimum Gasteiger partial charge on any atom is -0.356 e. The molecule has 0 aromatic carbocycles. The van der Waals surface area contributed by atoms with Crippen molar-refractivity contribution in [3.8, 4) is 0 Å². The Balaban J connectivity index is 2.11. The highest BCUT2D eigenvalue weighted by atomic mass is 15.2. The first kappa shape index (κ1) is 13.1. The van der Waals surface area contributed by atoms with Crippen LogP contribution in [0.5, 0.6) is 0 Å². The van der Waals surface area contributed by atoms with E-state index in [4.69, 9.17) is 0 Å². The molecule has 2 heterocycles. The van der Waals surface area contributed by atoms with Crippen molar-refractivity contribution in [2.45, 2.75) is 40.0 Å². The molecule has 0 aliphatic carbocycles. The Morgan fingerprint density at radius 2 is 2.11 bits per heavy atom. The summed E-state index contributed by atoms with van der Waals surface area (Å²) in [5.41, 5.74) is 0.489. The summed E-state index contributed by atoms with van der Waals surface area (Å²) < 4.78 is 0. The summed E-state index contributed by atoms with van der Waals surface area (Å²) in [6.07, 6.45) is 5.63. The quantitative estimate of drug-likeness (QED) is 0.870. The Hall–Kier alpha value is -1.32. The van der Waals surface area contributed by atoms with Crippen LogP contribution in [0.25, 0.3) is 0 Å². The van der Waals surface area contributed by atoms with E-state index in [-0.39, 0.29) is 0 Å². The van der Waals surface area contributed by atoms with Crippen LogP contribution in [0.2, 0.25) is 0 Å². The van der Waals surface area contributed by atoms with Crippen LogP contribution in [-0.4, -0.2) is 29.6 Å². The lowest BCUT2D eigenvalue weighted by atomic mass is 9.82. The van der Waals surface area contributed by atoms with Gasteiger partial charge in [0.25, 0.3) is 0 Å². The summed E-state index contributed by atoms with van der Waals surface area (Å²) >= 11 is 0. The van der Waals surface area contributed by atoms with Gasteiger partial charge < -0.3 is 10.2 Å². The van der Waals surface area contributed by atoms with Crippen LogP contribution in [-0.2, 0) is 0 Å². The van der Waals surface area contributed by atoms with Crippen LogP contribution in [0.15, 0.2) is 12.3 Å². The average Bonchev–Trinajstić information content (AvgIpc) is 2.85. The standard InChI is InChI=1S/C14H24N4/c1-4-14(5-2)8-10-18(11-14)12-7-9-16-13(17-12)15-6-3/h7,9H,4-6,8,10-11H2,1-3H3,(H,15,16,17). The fourth-order valence-corrected chi connectivity index (χ4v) is 2.73. The second kappa shape index (κ2) is 5.55. The van der Waals surface area contributed by atoms with E-state index >= 15 is 0 Å². The Morgan fingerprint density at radius 1 is 1.33 bits per heavy atom. The first-order valence-electron chi connectivity index (χ1n) is 7.05. The smallest absolute Gasteiger partial charge is 0.224 e. The zero-order valence-corrected chi connectivity index (χ0v) is 11.7. The largest absolute Gasteiger partial charge is 0.356 e. The summed E-state index contributed by atoms with van der Waals surface area (Å²) in [7, 11) is 0. The second-order valence-corrected chi connectivity index (χ2v) is 5.15. The molecule has 1 fully saturated rings. The molecule has 4 nitrogen and oxygen atoms in total. The molecular formula is C14H24N4. The van der Waals surface area contributed by atoms with Gasteiger partial charge in [-0.3, -0.25) is 0 Å². The Labute approximate surface area is 110 Å². The fraction of sp³-hybridized carbons (Fsp3) is 0.714. The van der Waals surface area contributed by atoms with E-state index < -0.39 is 0 Å². The van der Waals surface area contributed by atoms with Gasteiger partial charge in [0.1, 0.15) is 5.82 Å². The predicted octanol–water partition coefficient (Wildman–Crippen LogP) is 2.92. The normalized spacial score (nSPS) is 18.1. The molecule has 0 bridgehead atoms. The number of hydrogen-bond acceptors (Lipinski definition) is 4. The molecule has 0 amide bonds. The molecule has 0 radical (unpaired) electrons. The van der Waals surface area contributed by atoms with Gasteiger partial charge in [0, 0.05) is 25.8 Å². The van der Waals surface area contributed by atoms with Gasteiger partial charge in [-0.1, -0.05) is 13.8 Å². The minimum atomic E-state index is 0.489. The Bertz CT molecular complexity index is 387. The number of anilines is 2. The van der Waals surface area contributed by atoms with Gasteiger partial charge in [0.05, 0.1) is 0 Å². The van der Waals surface area contributed by atoms with Crippen molar-refractivity contribution in [2.75, 3.05) is 29.9 Å². The zero-order valence-electron chi connectivity index (χ0n) is 11.7. The van der Waals surface area contributed by atoms with Crippen LogP contribution >= 0.6 is 0 Å². The van der Waals surface area contributed by atoms with Crippen LogP contribution in [0.3, 0.4) is 0 Å². The maximum Gasteiger partial charge on any atom is 0.224 e. The maximum absolute atomic E-state index is 4.58. The zero-order chi connectivity index (χ0) is 13.0. The van der Waals surface area contributed by atoms with Gasteiger partial charge in [0.2, 0.25) is 5.95 Å². The van der Waals surface area contributed by atoms with Gasteiger partial charge >= 0.3 is 0 Å². The molecule has 2 rings (SSSR count). The third kappa shape index (κ3) is 2.57. The van der Waals surface area contributed by atoms with Crippen LogP contribution in [0.4, 0.5) is 11.8 Å². The number of hydrogen-bond donors (Lipinski definition) is 1. The van der Waals surface area contributed by atoms with Crippen LogP contribution in [0, 0.1) is 5.41 Å². The highest BCUT2D eigenvalue weighted by molar-refractivity contribution is 5.43. The summed E-state index contributed by atoms with van der Waals surface area (Å²) in [4.78, 5) is 11.2. The van der Waals surface area contributed by atoms with Crippen molar-refractivity contribution in [2.24, 2.45) is 5.41 Å². The lowest BCUT2D eigenvalue weighted by Crippen LogP contribution is -2.26. The van der Waals surface area contributed by atoms with Crippen LogP contribution < -0.4 is 10.2 Å². The molecular weight excluding hydrogens is 224 g/mol. The van der Waals surface area contributed by atoms with E-state index in [1.54, 1.807) is 0 Å². The minimum absolute atomic E-state index is 0.489. The topological polar surface area (TPSA) is 41.1 Å². The third-order valence-corrected chi connectivity index (χ3v) is 4.24. The van der Waals surface area contributed by atoms with Crippen molar-refractivity contribution in [1.29, 1.82) is 0 Å². The van der Waals surface area contributed by atoms with E-state index in [0.29, 0.717) is 5.41 Å². The summed E-state index contributed by atoms with van der Waals surface area (Å²) in [6, 6.07) is 2.02. The van der Waals surface area contributed by atoms with Crippen molar-refractivity contribution in [3.05, 3.63) is 12.3 Å². The maximum atomic E-state index is 4.58. The first-order valence-corrected chi connectivity index (χ1v) is 7.05. The highest BCUT2D eigenvalue weighted by Gasteiger charge is 2.35. The summed E-state index contributed by atoms with van der Waals surface area (Å²) in [5, 5.41) is 3.17. The van der Waals surface area contributed by atoms with Gasteiger partial charge in [-0.15, -0.1) is 0 Å². The van der Waals surface area contributed by atoms with Crippen LogP contribution in [0.1, 0.15) is 40.0 Å². The van der Waals surface area contributed by atoms with Crippen molar-refractivity contribution >= 4 is 11.8 Å². The molecule has 1 aromatic heterocycles. The molecule has 0 unspecified atom stereocenters. The average molecular weight is 248 g/mol. The van der Waals surface area contributed by atoms with Gasteiger partial charge in [0.15, 0.2) is 0 Å². The van der Waals surface area contributed by atoms with Crippen molar-refractivity contribution in [3.63, 3.8) is 0 Å². The fourth-order valence-electron chi connectivity index (χ4n) is 2.73. The van der Waals surface area contributed by atoms with Crippen molar-refractivity contribution < 1.29 is 0 Å². The third-order valence-electron chi connectivity index (χ3n) is 4.24. The second-order valence-electron chi connectivity index (χ2n) is 5.15. The molecule has 1 saturated heterocycles. The predicted molar refractivity (Wildman–Crippen MR) is 76.0 cm³/mol.